The van der Waals surface area contributed by atoms with Gasteiger partial charge in [-0.05, 0) is 46.3 Å². The molecule has 0 aromatic carbocycles. The first-order valence-corrected chi connectivity index (χ1v) is 8.00. The van der Waals surface area contributed by atoms with Crippen molar-refractivity contribution < 1.29 is 8.42 Å². The van der Waals surface area contributed by atoms with Crippen LogP contribution in [-0.2, 0) is 10.0 Å². The van der Waals surface area contributed by atoms with Gasteiger partial charge in [0.1, 0.15) is 0 Å². The first-order valence-electron chi connectivity index (χ1n) is 6.35. The van der Waals surface area contributed by atoms with Gasteiger partial charge in [-0.25, -0.2) is 13.1 Å². The summed E-state index contributed by atoms with van der Waals surface area (Å²) in [7, 11) is 0.967. The van der Waals surface area contributed by atoms with Gasteiger partial charge in [0, 0.05) is 19.1 Å². The normalized spacial score (nSPS) is 16.6. The van der Waals surface area contributed by atoms with E-state index in [1.165, 1.54) is 12.8 Å². The van der Waals surface area contributed by atoms with Crippen molar-refractivity contribution in [3.05, 3.63) is 0 Å². The second-order valence-electron chi connectivity index (χ2n) is 4.95. The molecule has 1 rings (SSSR count). The van der Waals surface area contributed by atoms with Crippen molar-refractivity contribution in [3.63, 3.8) is 0 Å². The molecular weight excluding hydrogens is 238 g/mol. The van der Waals surface area contributed by atoms with Gasteiger partial charge < -0.3 is 10.2 Å². The van der Waals surface area contributed by atoms with Crippen molar-refractivity contribution in [2.24, 2.45) is 0 Å². The third-order valence-corrected chi connectivity index (χ3v) is 4.12. The highest BCUT2D eigenvalue weighted by Crippen LogP contribution is 2.17. The molecule has 1 fully saturated rings. The molecule has 1 aliphatic rings. The molecular formula is C11H25N3O2S. The Morgan fingerprint density at radius 2 is 1.88 bits per heavy atom. The lowest BCUT2D eigenvalue weighted by Crippen LogP contribution is -2.33. The predicted molar refractivity (Wildman–Crippen MR) is 70.6 cm³/mol. The zero-order chi connectivity index (χ0) is 12.7. The Balaban J connectivity index is 1.98. The molecule has 0 aliphatic heterocycles. The van der Waals surface area contributed by atoms with Crippen LogP contribution in [0.2, 0.25) is 0 Å². The zero-order valence-corrected chi connectivity index (χ0v) is 11.7. The van der Waals surface area contributed by atoms with Gasteiger partial charge in [0.05, 0.1) is 5.75 Å². The third kappa shape index (κ3) is 8.54. The maximum atomic E-state index is 11.6. The highest BCUT2D eigenvalue weighted by Gasteiger charge is 2.20. The molecule has 0 amide bonds. The second-order valence-corrected chi connectivity index (χ2v) is 6.88. The van der Waals surface area contributed by atoms with Crippen molar-refractivity contribution in [1.82, 2.24) is 14.9 Å². The molecule has 1 saturated carbocycles. The summed E-state index contributed by atoms with van der Waals surface area (Å²) in [6, 6.07) is 0.574. The Bertz CT molecular complexity index is 300. The first-order chi connectivity index (χ1) is 7.99. The van der Waals surface area contributed by atoms with E-state index in [2.05, 4.69) is 14.9 Å². The molecule has 0 atom stereocenters. The fourth-order valence-electron chi connectivity index (χ4n) is 1.54. The highest BCUT2D eigenvalue weighted by atomic mass is 32.2. The van der Waals surface area contributed by atoms with E-state index in [1.54, 1.807) is 0 Å². The Kier molecular flexibility index (Phi) is 6.40. The number of nitrogens with zero attached hydrogens (tertiary/aromatic N) is 1. The number of rotatable bonds is 10. The van der Waals surface area contributed by atoms with Gasteiger partial charge in [-0.1, -0.05) is 0 Å². The van der Waals surface area contributed by atoms with E-state index in [9.17, 15) is 8.42 Å². The van der Waals surface area contributed by atoms with Gasteiger partial charge in [-0.15, -0.1) is 0 Å². The predicted octanol–water partition coefficient (Wildman–Crippen LogP) is -0.000400. The van der Waals surface area contributed by atoms with Gasteiger partial charge in [-0.2, -0.15) is 0 Å². The average molecular weight is 263 g/mol. The number of hydrogen-bond acceptors (Lipinski definition) is 4. The Labute approximate surface area is 105 Å². The van der Waals surface area contributed by atoms with Crippen molar-refractivity contribution in [2.75, 3.05) is 39.5 Å². The molecule has 1 aliphatic carbocycles. The Morgan fingerprint density at radius 3 is 2.47 bits per heavy atom. The van der Waals surface area contributed by atoms with Crippen LogP contribution in [0.4, 0.5) is 0 Å². The largest absolute Gasteiger partial charge is 0.313 e. The summed E-state index contributed by atoms with van der Waals surface area (Å²) >= 11 is 0. The quantitative estimate of drug-likeness (QED) is 0.545. The standard InChI is InChI=1S/C11H25N3O2S/c1-14(2)9-4-3-7-13-17(15,16)10-8-12-11-5-6-11/h11-13H,3-10H2,1-2H3. The minimum absolute atomic E-state index is 0.192. The molecule has 0 heterocycles. The number of hydrogen-bond donors (Lipinski definition) is 2. The first kappa shape index (κ1) is 14.9. The van der Waals surface area contributed by atoms with Gasteiger partial charge >= 0.3 is 0 Å². The molecule has 0 saturated heterocycles. The maximum absolute atomic E-state index is 11.6. The van der Waals surface area contributed by atoms with E-state index in [4.69, 9.17) is 0 Å². The van der Waals surface area contributed by atoms with E-state index < -0.39 is 10.0 Å². The van der Waals surface area contributed by atoms with Crippen LogP contribution in [-0.4, -0.2) is 58.8 Å². The summed E-state index contributed by atoms with van der Waals surface area (Å²) in [6.45, 7) is 2.13. The summed E-state index contributed by atoms with van der Waals surface area (Å²) in [5.74, 6) is 0.192. The van der Waals surface area contributed by atoms with E-state index >= 15 is 0 Å². The lowest BCUT2D eigenvalue weighted by Gasteiger charge is -2.10. The maximum Gasteiger partial charge on any atom is 0.212 e. The smallest absolute Gasteiger partial charge is 0.212 e. The fourth-order valence-corrected chi connectivity index (χ4v) is 2.52. The zero-order valence-electron chi connectivity index (χ0n) is 10.9. The van der Waals surface area contributed by atoms with E-state index in [-0.39, 0.29) is 5.75 Å². The van der Waals surface area contributed by atoms with Crippen molar-refractivity contribution in [3.8, 4) is 0 Å². The molecule has 2 N–H and O–H groups in total. The average Bonchev–Trinajstić information content (AvgIpc) is 3.00. The van der Waals surface area contributed by atoms with Crippen molar-refractivity contribution in [1.29, 1.82) is 0 Å². The van der Waals surface area contributed by atoms with Crippen LogP contribution < -0.4 is 10.0 Å². The molecule has 0 radical (unpaired) electrons. The summed E-state index contributed by atoms with van der Waals surface area (Å²) in [6.07, 6.45) is 4.30. The van der Waals surface area contributed by atoms with Crippen LogP contribution in [0, 0.1) is 0 Å². The van der Waals surface area contributed by atoms with Crippen LogP contribution in [0.5, 0.6) is 0 Å². The van der Waals surface area contributed by atoms with Crippen LogP contribution in [0.25, 0.3) is 0 Å². The third-order valence-electron chi connectivity index (χ3n) is 2.74. The van der Waals surface area contributed by atoms with Crippen molar-refractivity contribution >= 4 is 10.0 Å². The summed E-state index contributed by atoms with van der Waals surface area (Å²) in [4.78, 5) is 2.11. The lowest BCUT2D eigenvalue weighted by molar-refractivity contribution is 0.394. The molecule has 0 aromatic rings. The van der Waals surface area contributed by atoms with Gasteiger partial charge in [-0.3, -0.25) is 0 Å². The van der Waals surface area contributed by atoms with E-state index in [0.29, 0.717) is 19.1 Å². The van der Waals surface area contributed by atoms with E-state index in [0.717, 1.165) is 19.4 Å². The molecule has 6 heteroatoms. The molecule has 0 aromatic heterocycles. The SMILES string of the molecule is CN(C)CCCCNS(=O)(=O)CCNC1CC1. The molecule has 0 spiro atoms. The summed E-state index contributed by atoms with van der Waals surface area (Å²) in [5.41, 5.74) is 0. The molecule has 17 heavy (non-hydrogen) atoms. The Morgan fingerprint density at radius 1 is 1.18 bits per heavy atom. The van der Waals surface area contributed by atoms with Crippen molar-refractivity contribution in [2.45, 2.75) is 31.7 Å². The topological polar surface area (TPSA) is 61.4 Å². The lowest BCUT2D eigenvalue weighted by atomic mass is 10.3. The second kappa shape index (κ2) is 7.31. The van der Waals surface area contributed by atoms with Crippen LogP contribution in [0.1, 0.15) is 25.7 Å². The molecule has 0 bridgehead atoms. The highest BCUT2D eigenvalue weighted by molar-refractivity contribution is 7.89. The van der Waals surface area contributed by atoms with Gasteiger partial charge in [0.2, 0.25) is 10.0 Å². The molecule has 5 nitrogen and oxygen atoms in total. The fraction of sp³-hybridized carbons (Fsp3) is 1.00. The van der Waals surface area contributed by atoms with Crippen LogP contribution >= 0.6 is 0 Å². The Hall–Kier alpha value is -0.170. The minimum Gasteiger partial charge on any atom is -0.313 e. The van der Waals surface area contributed by atoms with Gasteiger partial charge in [0.25, 0.3) is 0 Å². The van der Waals surface area contributed by atoms with Crippen LogP contribution in [0.3, 0.4) is 0 Å². The molecule has 0 unspecified atom stereocenters. The number of unbranched alkanes of at least 4 members (excludes halogenated alkanes) is 1. The van der Waals surface area contributed by atoms with Crippen LogP contribution in [0.15, 0.2) is 0 Å². The van der Waals surface area contributed by atoms with Gasteiger partial charge in [0.15, 0.2) is 0 Å². The van der Waals surface area contributed by atoms with E-state index in [1.807, 2.05) is 14.1 Å². The summed E-state index contributed by atoms with van der Waals surface area (Å²) in [5, 5.41) is 3.20. The monoisotopic (exact) mass is 263 g/mol. The number of nitrogens with one attached hydrogen (secondary N) is 2. The summed E-state index contributed by atoms with van der Waals surface area (Å²) < 4.78 is 25.8. The minimum atomic E-state index is -3.08. The molecule has 102 valence electrons. The number of sulfonamides is 1.